The van der Waals surface area contributed by atoms with Crippen LogP contribution in [-0.4, -0.2) is 19.4 Å². The second kappa shape index (κ2) is 5.35. The van der Waals surface area contributed by atoms with E-state index >= 15 is 0 Å². The van der Waals surface area contributed by atoms with Crippen molar-refractivity contribution >= 4 is 23.6 Å². The fourth-order valence-corrected chi connectivity index (χ4v) is 2.47. The first-order valence-corrected chi connectivity index (χ1v) is 6.16. The van der Waals surface area contributed by atoms with Gasteiger partial charge in [0.25, 0.3) is 0 Å². The Labute approximate surface area is 101 Å². The number of carbonyl (C=O) groups is 1. The third kappa shape index (κ3) is 2.56. The monoisotopic (exact) mass is 237 g/mol. The molecule has 0 amide bonds. The molecule has 0 radical (unpaired) electrons. The van der Waals surface area contributed by atoms with E-state index < -0.39 is 0 Å². The third-order valence-corrected chi connectivity index (χ3v) is 3.31. The lowest BCUT2D eigenvalue weighted by molar-refractivity contribution is -0.107. The maximum atomic E-state index is 10.3. The molecule has 0 aromatic heterocycles. The second-order valence-corrected chi connectivity index (χ2v) is 4.59. The largest absolute Gasteiger partial charge is 0.370 e. The maximum Gasteiger partial charge on any atom is 0.120 e. The second-order valence-electron chi connectivity index (χ2n) is 4.19. The van der Waals surface area contributed by atoms with Gasteiger partial charge in [-0.15, -0.1) is 0 Å². The zero-order chi connectivity index (χ0) is 11.4. The van der Waals surface area contributed by atoms with Crippen LogP contribution in [0.15, 0.2) is 18.2 Å². The highest BCUT2D eigenvalue weighted by Gasteiger charge is 2.14. The lowest BCUT2D eigenvalue weighted by atomic mass is 10.1. The van der Waals surface area contributed by atoms with E-state index in [2.05, 4.69) is 17.0 Å². The summed E-state index contributed by atoms with van der Waals surface area (Å²) in [6, 6.07) is 6.13. The molecule has 0 saturated carbocycles. The first kappa shape index (κ1) is 11.5. The van der Waals surface area contributed by atoms with Gasteiger partial charge in [0.05, 0.1) is 10.7 Å². The minimum Gasteiger partial charge on any atom is -0.370 e. The predicted octanol–water partition coefficient (Wildman–Crippen LogP) is 3.07. The van der Waals surface area contributed by atoms with Crippen molar-refractivity contribution in [3.63, 3.8) is 0 Å². The summed E-state index contributed by atoms with van der Waals surface area (Å²) in [6.07, 6.45) is 4.80. The van der Waals surface area contributed by atoms with Crippen molar-refractivity contribution in [1.29, 1.82) is 0 Å². The fourth-order valence-electron chi connectivity index (χ4n) is 2.15. The first-order chi connectivity index (χ1) is 7.81. The number of benzene rings is 1. The average molecular weight is 238 g/mol. The molecule has 1 heterocycles. The Morgan fingerprint density at radius 2 is 2.06 bits per heavy atom. The molecule has 0 aliphatic carbocycles. The van der Waals surface area contributed by atoms with Crippen LogP contribution >= 0.6 is 11.6 Å². The standard InChI is InChI=1S/C13H16ClNO/c14-12-10-11(4-3-9-16)5-6-13(12)15-7-1-2-8-15/h5-6,9-10H,1-4,7-8H2. The highest BCUT2D eigenvalue weighted by Crippen LogP contribution is 2.29. The van der Waals surface area contributed by atoms with E-state index in [1.807, 2.05) is 6.07 Å². The van der Waals surface area contributed by atoms with Gasteiger partial charge in [0.2, 0.25) is 0 Å². The molecule has 1 saturated heterocycles. The van der Waals surface area contributed by atoms with Crippen molar-refractivity contribution in [2.75, 3.05) is 18.0 Å². The average Bonchev–Trinajstić information content (AvgIpc) is 2.80. The molecule has 0 unspecified atom stereocenters. The molecule has 3 heteroatoms. The molecule has 1 aromatic rings. The van der Waals surface area contributed by atoms with Gasteiger partial charge in [-0.3, -0.25) is 0 Å². The van der Waals surface area contributed by atoms with Crippen molar-refractivity contribution in [2.45, 2.75) is 25.7 Å². The van der Waals surface area contributed by atoms with Gasteiger partial charge in [-0.05, 0) is 37.0 Å². The van der Waals surface area contributed by atoms with E-state index in [1.165, 1.54) is 12.8 Å². The lowest BCUT2D eigenvalue weighted by Crippen LogP contribution is -2.17. The number of rotatable bonds is 4. The minimum absolute atomic E-state index is 0.569. The van der Waals surface area contributed by atoms with Crippen LogP contribution in [0.4, 0.5) is 5.69 Å². The number of nitrogens with zero attached hydrogens (tertiary/aromatic N) is 1. The summed E-state index contributed by atoms with van der Waals surface area (Å²) in [4.78, 5) is 12.6. The quantitative estimate of drug-likeness (QED) is 0.751. The summed E-state index contributed by atoms with van der Waals surface area (Å²) in [6.45, 7) is 2.21. The van der Waals surface area contributed by atoms with Crippen molar-refractivity contribution < 1.29 is 4.79 Å². The summed E-state index contributed by atoms with van der Waals surface area (Å²) in [5.74, 6) is 0. The van der Waals surface area contributed by atoms with Crippen molar-refractivity contribution in [1.82, 2.24) is 0 Å². The summed E-state index contributed by atoms with van der Waals surface area (Å²) in [7, 11) is 0. The number of hydrogen-bond acceptors (Lipinski definition) is 2. The van der Waals surface area contributed by atoms with Gasteiger partial charge in [0.15, 0.2) is 0 Å². The van der Waals surface area contributed by atoms with Gasteiger partial charge in [-0.25, -0.2) is 0 Å². The molecule has 2 nitrogen and oxygen atoms in total. The van der Waals surface area contributed by atoms with Gasteiger partial charge < -0.3 is 9.69 Å². The zero-order valence-electron chi connectivity index (χ0n) is 9.29. The molecular formula is C13H16ClNO. The van der Waals surface area contributed by atoms with Gasteiger partial charge in [0, 0.05) is 19.5 Å². The Morgan fingerprint density at radius 1 is 1.31 bits per heavy atom. The Bertz CT molecular complexity index is 372. The number of aryl methyl sites for hydroxylation is 1. The van der Waals surface area contributed by atoms with Gasteiger partial charge >= 0.3 is 0 Å². The van der Waals surface area contributed by atoms with Crippen molar-refractivity contribution in [3.8, 4) is 0 Å². The fraction of sp³-hybridized carbons (Fsp3) is 0.462. The first-order valence-electron chi connectivity index (χ1n) is 5.78. The van der Waals surface area contributed by atoms with E-state index in [0.29, 0.717) is 6.42 Å². The molecule has 0 bridgehead atoms. The molecule has 86 valence electrons. The molecule has 0 N–H and O–H groups in total. The Balaban J connectivity index is 2.12. The van der Waals surface area contributed by atoms with Gasteiger partial charge in [-0.2, -0.15) is 0 Å². The molecule has 2 rings (SSSR count). The molecular weight excluding hydrogens is 222 g/mol. The minimum atomic E-state index is 0.569. The van der Waals surface area contributed by atoms with Crippen LogP contribution in [0.2, 0.25) is 5.02 Å². The molecule has 1 aromatic carbocycles. The smallest absolute Gasteiger partial charge is 0.120 e. The van der Waals surface area contributed by atoms with Gasteiger partial charge in [-0.1, -0.05) is 17.7 Å². The normalized spacial score (nSPS) is 15.4. The highest BCUT2D eigenvalue weighted by molar-refractivity contribution is 6.33. The number of halogens is 1. The number of anilines is 1. The van der Waals surface area contributed by atoms with Crippen LogP contribution in [0.5, 0.6) is 0 Å². The van der Waals surface area contributed by atoms with Crippen LogP contribution in [-0.2, 0) is 11.2 Å². The van der Waals surface area contributed by atoms with E-state index in [0.717, 1.165) is 42.1 Å². The van der Waals surface area contributed by atoms with Crippen molar-refractivity contribution in [3.05, 3.63) is 28.8 Å². The lowest BCUT2D eigenvalue weighted by Gasteiger charge is -2.19. The van der Waals surface area contributed by atoms with Crippen LogP contribution in [0.3, 0.4) is 0 Å². The van der Waals surface area contributed by atoms with E-state index in [1.54, 1.807) is 0 Å². The zero-order valence-corrected chi connectivity index (χ0v) is 10.0. The maximum absolute atomic E-state index is 10.3. The topological polar surface area (TPSA) is 20.3 Å². The Kier molecular flexibility index (Phi) is 3.83. The highest BCUT2D eigenvalue weighted by atomic mass is 35.5. The van der Waals surface area contributed by atoms with Crippen LogP contribution in [0.25, 0.3) is 0 Å². The van der Waals surface area contributed by atoms with Crippen LogP contribution in [0, 0.1) is 0 Å². The molecule has 0 spiro atoms. The summed E-state index contributed by atoms with van der Waals surface area (Å²) in [5, 5.41) is 0.810. The van der Waals surface area contributed by atoms with E-state index in [-0.39, 0.29) is 0 Å². The molecule has 1 fully saturated rings. The van der Waals surface area contributed by atoms with Crippen LogP contribution < -0.4 is 4.90 Å². The number of carbonyl (C=O) groups excluding carboxylic acids is 1. The van der Waals surface area contributed by atoms with E-state index in [9.17, 15) is 4.79 Å². The van der Waals surface area contributed by atoms with Gasteiger partial charge in [0.1, 0.15) is 6.29 Å². The summed E-state index contributed by atoms with van der Waals surface area (Å²) >= 11 is 6.26. The van der Waals surface area contributed by atoms with Crippen LogP contribution in [0.1, 0.15) is 24.8 Å². The van der Waals surface area contributed by atoms with Crippen molar-refractivity contribution in [2.24, 2.45) is 0 Å². The predicted molar refractivity (Wildman–Crippen MR) is 67.3 cm³/mol. The Hall–Kier alpha value is -1.02. The number of aldehydes is 1. The van der Waals surface area contributed by atoms with E-state index in [4.69, 9.17) is 11.6 Å². The summed E-state index contributed by atoms with van der Waals surface area (Å²) < 4.78 is 0. The summed E-state index contributed by atoms with van der Waals surface area (Å²) in [5.41, 5.74) is 2.27. The molecule has 1 aliphatic heterocycles. The number of hydrogen-bond donors (Lipinski definition) is 0. The molecule has 16 heavy (non-hydrogen) atoms. The Morgan fingerprint density at radius 3 is 2.69 bits per heavy atom. The molecule has 1 aliphatic rings. The third-order valence-electron chi connectivity index (χ3n) is 3.01. The molecule has 0 atom stereocenters. The SMILES string of the molecule is O=CCCc1ccc(N2CCCC2)c(Cl)c1.